The molecule has 1 heterocycles. The third-order valence-corrected chi connectivity index (χ3v) is 3.94. The van der Waals surface area contributed by atoms with Gasteiger partial charge in [0.05, 0.1) is 0 Å². The van der Waals surface area contributed by atoms with Crippen LogP contribution in [0.4, 0.5) is 17.2 Å². The number of nitrogens with zero attached hydrogens (tertiary/aromatic N) is 2. The molecule has 0 saturated heterocycles. The van der Waals surface area contributed by atoms with Crippen molar-refractivity contribution in [2.75, 3.05) is 11.1 Å². The fourth-order valence-electron chi connectivity index (χ4n) is 2.52. The van der Waals surface area contributed by atoms with Gasteiger partial charge in [0.1, 0.15) is 17.8 Å². The molecule has 0 aliphatic heterocycles. The molecule has 0 fully saturated rings. The Kier molecular flexibility index (Phi) is 4.76. The Morgan fingerprint density at radius 2 is 1.72 bits per heavy atom. The maximum absolute atomic E-state index is 6.20. The molecular weight excluding hydrogens is 336 g/mol. The van der Waals surface area contributed by atoms with Gasteiger partial charge in [-0.05, 0) is 61.7 Å². The second kappa shape index (κ2) is 6.99. The summed E-state index contributed by atoms with van der Waals surface area (Å²) in [5.74, 6) is 1.47. The van der Waals surface area contributed by atoms with E-state index in [1.165, 1.54) is 6.33 Å². The second-order valence-electron chi connectivity index (χ2n) is 5.95. The van der Waals surface area contributed by atoms with Crippen LogP contribution in [0, 0.1) is 20.8 Å². The molecule has 1 aromatic heterocycles. The molecule has 3 aromatic rings. The Morgan fingerprint density at radius 1 is 1.00 bits per heavy atom. The van der Waals surface area contributed by atoms with Gasteiger partial charge in [-0.3, -0.25) is 0 Å². The molecule has 6 heteroatoms. The summed E-state index contributed by atoms with van der Waals surface area (Å²) in [4.78, 5) is 8.36. The summed E-state index contributed by atoms with van der Waals surface area (Å²) in [5.41, 5.74) is 10.6. The highest BCUT2D eigenvalue weighted by Gasteiger charge is 2.12. The average Bonchev–Trinajstić information content (AvgIpc) is 2.54. The van der Waals surface area contributed by atoms with Gasteiger partial charge in [0.25, 0.3) is 0 Å². The van der Waals surface area contributed by atoms with Crippen molar-refractivity contribution in [3.05, 3.63) is 64.4 Å². The van der Waals surface area contributed by atoms with Gasteiger partial charge in [-0.1, -0.05) is 23.7 Å². The van der Waals surface area contributed by atoms with Gasteiger partial charge in [-0.15, -0.1) is 0 Å². The Morgan fingerprint density at radius 3 is 2.44 bits per heavy atom. The molecule has 5 nitrogen and oxygen atoms in total. The third kappa shape index (κ3) is 4.00. The molecule has 0 amide bonds. The summed E-state index contributed by atoms with van der Waals surface area (Å²) in [7, 11) is 0. The zero-order valence-corrected chi connectivity index (χ0v) is 15.1. The van der Waals surface area contributed by atoms with Crippen LogP contribution in [0.2, 0.25) is 5.02 Å². The maximum atomic E-state index is 6.20. The van der Waals surface area contributed by atoms with E-state index in [4.69, 9.17) is 22.1 Å². The molecule has 0 unspecified atom stereocenters. The Hall–Kier alpha value is -2.79. The highest BCUT2D eigenvalue weighted by Crippen LogP contribution is 2.32. The lowest BCUT2D eigenvalue weighted by molar-refractivity contribution is 0.464. The number of rotatable bonds is 4. The first-order chi connectivity index (χ1) is 11.9. The highest BCUT2D eigenvalue weighted by molar-refractivity contribution is 6.30. The molecule has 25 heavy (non-hydrogen) atoms. The van der Waals surface area contributed by atoms with Crippen molar-refractivity contribution in [2.24, 2.45) is 0 Å². The molecule has 0 aliphatic rings. The number of nitrogens with one attached hydrogen (secondary N) is 1. The van der Waals surface area contributed by atoms with E-state index in [1.807, 2.05) is 51.1 Å². The minimum atomic E-state index is 0.308. The van der Waals surface area contributed by atoms with E-state index in [1.54, 1.807) is 0 Å². The third-order valence-electron chi connectivity index (χ3n) is 3.71. The SMILES string of the molecule is Cc1cc(C)cc(Oc2ncnc(Nc3cc(Cl)ccc3C)c2N)c1. The van der Waals surface area contributed by atoms with E-state index in [2.05, 4.69) is 21.4 Å². The van der Waals surface area contributed by atoms with Gasteiger partial charge in [0.2, 0.25) is 5.88 Å². The number of nitrogen functional groups attached to an aromatic ring is 1. The van der Waals surface area contributed by atoms with E-state index < -0.39 is 0 Å². The summed E-state index contributed by atoms with van der Waals surface area (Å²) < 4.78 is 5.86. The number of anilines is 3. The van der Waals surface area contributed by atoms with Gasteiger partial charge >= 0.3 is 0 Å². The van der Waals surface area contributed by atoms with Gasteiger partial charge in [0.15, 0.2) is 5.82 Å². The summed E-state index contributed by atoms with van der Waals surface area (Å²) in [6.45, 7) is 6.00. The van der Waals surface area contributed by atoms with Crippen LogP contribution >= 0.6 is 11.6 Å². The molecule has 0 radical (unpaired) electrons. The topological polar surface area (TPSA) is 73.1 Å². The van der Waals surface area contributed by atoms with E-state index in [0.29, 0.717) is 28.2 Å². The highest BCUT2D eigenvalue weighted by atomic mass is 35.5. The minimum Gasteiger partial charge on any atom is -0.437 e. The van der Waals surface area contributed by atoms with Crippen LogP contribution in [0.3, 0.4) is 0 Å². The number of hydrogen-bond acceptors (Lipinski definition) is 5. The van der Waals surface area contributed by atoms with Crippen LogP contribution < -0.4 is 15.8 Å². The zero-order chi connectivity index (χ0) is 18.0. The zero-order valence-electron chi connectivity index (χ0n) is 14.3. The predicted molar refractivity (Wildman–Crippen MR) is 102 cm³/mol. The number of aromatic nitrogens is 2. The smallest absolute Gasteiger partial charge is 0.248 e. The first kappa shape index (κ1) is 17.0. The maximum Gasteiger partial charge on any atom is 0.248 e. The van der Waals surface area contributed by atoms with Crippen molar-refractivity contribution in [3.8, 4) is 11.6 Å². The lowest BCUT2D eigenvalue weighted by Gasteiger charge is -2.14. The number of ether oxygens (including phenoxy) is 1. The van der Waals surface area contributed by atoms with Crippen molar-refractivity contribution in [3.63, 3.8) is 0 Å². The predicted octanol–water partition coefficient (Wildman–Crippen LogP) is 5.17. The quantitative estimate of drug-likeness (QED) is 0.675. The van der Waals surface area contributed by atoms with Gasteiger partial charge in [-0.2, -0.15) is 4.98 Å². The lowest BCUT2D eigenvalue weighted by Crippen LogP contribution is -2.04. The molecule has 3 rings (SSSR count). The number of hydrogen-bond donors (Lipinski definition) is 2. The van der Waals surface area contributed by atoms with E-state index >= 15 is 0 Å². The fraction of sp³-hybridized carbons (Fsp3) is 0.158. The van der Waals surface area contributed by atoms with Crippen LogP contribution in [-0.2, 0) is 0 Å². The molecule has 3 N–H and O–H groups in total. The lowest BCUT2D eigenvalue weighted by atomic mass is 10.1. The van der Waals surface area contributed by atoms with E-state index in [0.717, 1.165) is 22.4 Å². The molecule has 2 aromatic carbocycles. The van der Waals surface area contributed by atoms with Gasteiger partial charge < -0.3 is 15.8 Å². The fourth-order valence-corrected chi connectivity index (χ4v) is 2.69. The standard InChI is InChI=1S/C19H19ClN4O/c1-11-6-12(2)8-15(7-11)25-19-17(21)18(22-10-23-19)24-16-9-14(20)5-4-13(16)3/h4-10H,21H2,1-3H3,(H,22,23,24). The van der Waals surface area contributed by atoms with Crippen LogP contribution in [0.5, 0.6) is 11.6 Å². The number of aryl methyl sites for hydroxylation is 3. The first-order valence-electron chi connectivity index (χ1n) is 7.82. The second-order valence-corrected chi connectivity index (χ2v) is 6.39. The molecule has 0 aliphatic carbocycles. The van der Waals surface area contributed by atoms with E-state index in [9.17, 15) is 0 Å². The Bertz CT molecular complexity index is 907. The largest absolute Gasteiger partial charge is 0.437 e. The van der Waals surface area contributed by atoms with Crippen LogP contribution in [0.1, 0.15) is 16.7 Å². The number of halogens is 1. The summed E-state index contributed by atoms with van der Waals surface area (Å²) in [5, 5.41) is 3.82. The van der Waals surface area contributed by atoms with E-state index in [-0.39, 0.29) is 0 Å². The van der Waals surface area contributed by atoms with Crippen LogP contribution in [-0.4, -0.2) is 9.97 Å². The summed E-state index contributed by atoms with van der Waals surface area (Å²) >= 11 is 6.06. The van der Waals surface area contributed by atoms with Crippen molar-refractivity contribution in [1.82, 2.24) is 9.97 Å². The Labute approximate surface area is 151 Å². The minimum absolute atomic E-state index is 0.308. The molecule has 0 bridgehead atoms. The summed E-state index contributed by atoms with van der Waals surface area (Å²) in [6, 6.07) is 11.5. The monoisotopic (exact) mass is 354 g/mol. The average molecular weight is 355 g/mol. The first-order valence-corrected chi connectivity index (χ1v) is 8.20. The van der Waals surface area contributed by atoms with Gasteiger partial charge in [0, 0.05) is 10.7 Å². The Balaban J connectivity index is 1.90. The van der Waals surface area contributed by atoms with Crippen molar-refractivity contribution >= 4 is 28.8 Å². The number of benzene rings is 2. The van der Waals surface area contributed by atoms with Crippen LogP contribution in [0.25, 0.3) is 0 Å². The van der Waals surface area contributed by atoms with Crippen molar-refractivity contribution in [2.45, 2.75) is 20.8 Å². The summed E-state index contributed by atoms with van der Waals surface area (Å²) in [6.07, 6.45) is 1.41. The van der Waals surface area contributed by atoms with Crippen molar-refractivity contribution in [1.29, 1.82) is 0 Å². The molecule has 0 saturated carbocycles. The van der Waals surface area contributed by atoms with Crippen molar-refractivity contribution < 1.29 is 4.74 Å². The van der Waals surface area contributed by atoms with Gasteiger partial charge in [-0.25, -0.2) is 4.98 Å². The molecule has 0 spiro atoms. The number of nitrogens with two attached hydrogens (primary N) is 1. The molecule has 128 valence electrons. The molecule has 0 atom stereocenters. The van der Waals surface area contributed by atoms with Crippen LogP contribution in [0.15, 0.2) is 42.7 Å². The molecular formula is C19H19ClN4O. The normalized spacial score (nSPS) is 10.6.